The number of hydrogen-bond donors (Lipinski definition) is 1. The fourth-order valence-corrected chi connectivity index (χ4v) is 2.49. The molecule has 0 atom stereocenters. The molecule has 2 rings (SSSR count). The lowest BCUT2D eigenvalue weighted by Crippen LogP contribution is -2.43. The van der Waals surface area contributed by atoms with Gasteiger partial charge in [-0.3, -0.25) is 4.79 Å². The van der Waals surface area contributed by atoms with Gasteiger partial charge in [0.25, 0.3) is 0 Å². The van der Waals surface area contributed by atoms with Gasteiger partial charge >= 0.3 is 6.18 Å². The minimum Gasteiger partial charge on any atom is -0.342 e. The molecule has 1 saturated heterocycles. The summed E-state index contributed by atoms with van der Waals surface area (Å²) < 4.78 is 37.0. The Bertz CT molecular complexity index is 310. The number of nitrogens with zero attached hydrogens (tertiary/aromatic N) is 1. The van der Waals surface area contributed by atoms with Crippen molar-refractivity contribution < 1.29 is 18.0 Å². The van der Waals surface area contributed by atoms with E-state index in [-0.39, 0.29) is 18.4 Å². The number of alkyl halides is 3. The van der Waals surface area contributed by atoms with E-state index in [0.29, 0.717) is 12.5 Å². The topological polar surface area (TPSA) is 32.3 Å². The molecule has 1 aliphatic carbocycles. The molecule has 2 fully saturated rings. The highest BCUT2D eigenvalue weighted by Gasteiger charge is 2.34. The Morgan fingerprint density at radius 2 is 1.79 bits per heavy atom. The fourth-order valence-electron chi connectivity index (χ4n) is 2.49. The second-order valence-corrected chi connectivity index (χ2v) is 5.62. The van der Waals surface area contributed by atoms with E-state index < -0.39 is 12.6 Å². The molecule has 0 bridgehead atoms. The highest BCUT2D eigenvalue weighted by atomic mass is 19.4. The van der Waals surface area contributed by atoms with Crippen molar-refractivity contribution in [3.05, 3.63) is 0 Å². The third-order valence-electron chi connectivity index (χ3n) is 3.84. The largest absolute Gasteiger partial charge is 0.390 e. The molecular weight excluding hydrogens is 257 g/mol. The van der Waals surface area contributed by atoms with Gasteiger partial charge in [-0.2, -0.15) is 13.2 Å². The standard InChI is InChI=1S/C13H21F3N2O/c14-13(15,16)5-8-18(9-10-1-2-10)12(19)11-3-6-17-7-4-11/h10-11,17H,1-9H2. The molecule has 1 amide bonds. The molecule has 1 saturated carbocycles. The summed E-state index contributed by atoms with van der Waals surface area (Å²) in [5, 5.41) is 3.17. The number of carbonyl (C=O) groups excluding carboxylic acids is 1. The number of rotatable bonds is 5. The number of amides is 1. The molecule has 19 heavy (non-hydrogen) atoms. The van der Waals surface area contributed by atoms with Crippen LogP contribution < -0.4 is 5.32 Å². The molecule has 6 heteroatoms. The van der Waals surface area contributed by atoms with E-state index in [1.54, 1.807) is 0 Å². The van der Waals surface area contributed by atoms with Gasteiger partial charge in [0.05, 0.1) is 6.42 Å². The van der Waals surface area contributed by atoms with Crippen LogP contribution in [0.4, 0.5) is 13.2 Å². The first-order valence-electron chi connectivity index (χ1n) is 7.02. The SMILES string of the molecule is O=C(C1CCNCC1)N(CCC(F)(F)F)CC1CC1. The van der Waals surface area contributed by atoms with Gasteiger partial charge in [0.2, 0.25) is 5.91 Å². The molecule has 0 unspecified atom stereocenters. The maximum absolute atomic E-state index is 12.3. The fraction of sp³-hybridized carbons (Fsp3) is 0.923. The van der Waals surface area contributed by atoms with Gasteiger partial charge in [-0.1, -0.05) is 0 Å². The number of halogens is 3. The molecule has 0 aromatic rings. The maximum Gasteiger partial charge on any atom is 0.390 e. The molecule has 0 radical (unpaired) electrons. The molecule has 0 aromatic heterocycles. The molecule has 1 N–H and O–H groups in total. The van der Waals surface area contributed by atoms with Gasteiger partial charge in [-0.05, 0) is 44.7 Å². The lowest BCUT2D eigenvalue weighted by Gasteiger charge is -2.30. The van der Waals surface area contributed by atoms with E-state index in [9.17, 15) is 18.0 Å². The van der Waals surface area contributed by atoms with Gasteiger partial charge in [-0.25, -0.2) is 0 Å². The van der Waals surface area contributed by atoms with E-state index >= 15 is 0 Å². The maximum atomic E-state index is 12.3. The Morgan fingerprint density at radius 1 is 1.16 bits per heavy atom. The zero-order valence-corrected chi connectivity index (χ0v) is 11.0. The van der Waals surface area contributed by atoms with Crippen molar-refractivity contribution in [1.82, 2.24) is 10.2 Å². The van der Waals surface area contributed by atoms with Crippen molar-refractivity contribution in [2.75, 3.05) is 26.2 Å². The van der Waals surface area contributed by atoms with Gasteiger partial charge in [0, 0.05) is 19.0 Å². The van der Waals surface area contributed by atoms with Gasteiger partial charge in [0.1, 0.15) is 0 Å². The summed E-state index contributed by atoms with van der Waals surface area (Å²) in [6.45, 7) is 1.90. The minimum atomic E-state index is -4.18. The van der Waals surface area contributed by atoms with Crippen molar-refractivity contribution in [3.63, 3.8) is 0 Å². The Hall–Kier alpha value is -0.780. The second-order valence-electron chi connectivity index (χ2n) is 5.62. The molecule has 1 heterocycles. The third-order valence-corrected chi connectivity index (χ3v) is 3.84. The van der Waals surface area contributed by atoms with E-state index in [4.69, 9.17) is 0 Å². The zero-order valence-electron chi connectivity index (χ0n) is 11.0. The van der Waals surface area contributed by atoms with Crippen LogP contribution in [0.3, 0.4) is 0 Å². The van der Waals surface area contributed by atoms with Gasteiger partial charge in [-0.15, -0.1) is 0 Å². The molecule has 2 aliphatic rings. The molecule has 1 aliphatic heterocycles. The van der Waals surface area contributed by atoms with Crippen LogP contribution in [0.5, 0.6) is 0 Å². The Kier molecular flexibility index (Phi) is 4.71. The third kappa shape index (κ3) is 5.01. The number of carbonyl (C=O) groups is 1. The number of hydrogen-bond acceptors (Lipinski definition) is 2. The summed E-state index contributed by atoms with van der Waals surface area (Å²) in [7, 11) is 0. The first kappa shape index (κ1) is 14.6. The van der Waals surface area contributed by atoms with Crippen LogP contribution >= 0.6 is 0 Å². The lowest BCUT2D eigenvalue weighted by molar-refractivity contribution is -0.148. The van der Waals surface area contributed by atoms with Crippen LogP contribution in [0.1, 0.15) is 32.1 Å². The Morgan fingerprint density at radius 3 is 2.32 bits per heavy atom. The predicted molar refractivity (Wildman–Crippen MR) is 65.6 cm³/mol. The summed E-state index contributed by atoms with van der Waals surface area (Å²) in [4.78, 5) is 13.8. The normalized spacial score (nSPS) is 21.4. The van der Waals surface area contributed by atoms with Crippen LogP contribution in [-0.4, -0.2) is 43.2 Å². The smallest absolute Gasteiger partial charge is 0.342 e. The zero-order chi connectivity index (χ0) is 13.9. The monoisotopic (exact) mass is 278 g/mol. The second kappa shape index (κ2) is 6.11. The Balaban J connectivity index is 1.88. The van der Waals surface area contributed by atoms with Crippen molar-refractivity contribution in [3.8, 4) is 0 Å². The first-order valence-corrected chi connectivity index (χ1v) is 7.02. The summed E-state index contributed by atoms with van der Waals surface area (Å²) in [6.07, 6.45) is -1.51. The van der Waals surface area contributed by atoms with Crippen molar-refractivity contribution in [2.45, 2.75) is 38.3 Å². The summed E-state index contributed by atoms with van der Waals surface area (Å²) in [6, 6.07) is 0. The van der Waals surface area contributed by atoms with Crippen LogP contribution in [0, 0.1) is 11.8 Å². The van der Waals surface area contributed by atoms with Crippen LogP contribution in [0.2, 0.25) is 0 Å². The Labute approximate surface area is 111 Å². The quantitative estimate of drug-likeness (QED) is 0.836. The molecule has 0 spiro atoms. The van der Waals surface area contributed by atoms with E-state index in [2.05, 4.69) is 5.32 Å². The van der Waals surface area contributed by atoms with Crippen molar-refractivity contribution in [2.24, 2.45) is 11.8 Å². The van der Waals surface area contributed by atoms with Crippen molar-refractivity contribution in [1.29, 1.82) is 0 Å². The van der Waals surface area contributed by atoms with Crippen LogP contribution in [-0.2, 0) is 4.79 Å². The van der Waals surface area contributed by atoms with Crippen molar-refractivity contribution >= 4 is 5.91 Å². The molecular formula is C13H21F3N2O. The molecule has 0 aromatic carbocycles. The number of nitrogens with one attached hydrogen (secondary N) is 1. The van der Waals surface area contributed by atoms with Crippen LogP contribution in [0.15, 0.2) is 0 Å². The highest BCUT2D eigenvalue weighted by molar-refractivity contribution is 5.79. The molecule has 110 valence electrons. The van der Waals surface area contributed by atoms with Gasteiger partial charge < -0.3 is 10.2 Å². The minimum absolute atomic E-state index is 0.0716. The average Bonchev–Trinajstić information content (AvgIpc) is 3.17. The van der Waals surface area contributed by atoms with Gasteiger partial charge in [0.15, 0.2) is 0 Å². The predicted octanol–water partition coefficient (Wildman–Crippen LogP) is 2.18. The lowest BCUT2D eigenvalue weighted by atomic mass is 9.96. The van der Waals surface area contributed by atoms with E-state index in [1.165, 1.54) is 4.90 Å². The summed E-state index contributed by atoms with van der Waals surface area (Å²) in [5.41, 5.74) is 0. The van der Waals surface area contributed by atoms with E-state index in [0.717, 1.165) is 38.8 Å². The average molecular weight is 278 g/mol. The molecule has 3 nitrogen and oxygen atoms in total. The number of piperidine rings is 1. The summed E-state index contributed by atoms with van der Waals surface area (Å²) in [5.74, 6) is 0.268. The highest BCUT2D eigenvalue weighted by Crippen LogP contribution is 2.31. The first-order chi connectivity index (χ1) is 8.96. The van der Waals surface area contributed by atoms with Crippen LogP contribution in [0.25, 0.3) is 0 Å². The van der Waals surface area contributed by atoms with E-state index in [1.807, 2.05) is 0 Å². The summed E-state index contributed by atoms with van der Waals surface area (Å²) >= 11 is 0.